The number of rotatable bonds is 15. The summed E-state index contributed by atoms with van der Waals surface area (Å²) in [5, 5.41) is 0. The number of aldehydes is 1. The fraction of sp³-hybridized carbons (Fsp3) is 0.672. The van der Waals surface area contributed by atoms with E-state index >= 15 is 4.79 Å². The summed E-state index contributed by atoms with van der Waals surface area (Å²) in [5.74, 6) is -6.34. The summed E-state index contributed by atoms with van der Waals surface area (Å²) in [6.45, 7) is 22.6. The third kappa shape index (κ3) is 18.4. The zero-order chi connectivity index (χ0) is 59.9. The Morgan fingerprint density at radius 2 is 0.852 bits per heavy atom. The minimum Gasteiger partial charge on any atom is -0.451 e. The lowest BCUT2D eigenvalue weighted by Gasteiger charge is -2.38. The second kappa shape index (κ2) is 30.3. The Kier molecular flexibility index (Phi) is 24.5. The van der Waals surface area contributed by atoms with Crippen molar-refractivity contribution in [3.63, 3.8) is 0 Å². The first-order valence-corrected chi connectivity index (χ1v) is 28.9. The van der Waals surface area contributed by atoms with E-state index in [2.05, 4.69) is 9.80 Å². The largest absolute Gasteiger partial charge is 0.451 e. The number of nitrogens with zero attached hydrogens (tertiary/aromatic N) is 6. The van der Waals surface area contributed by atoms with Gasteiger partial charge in [-0.05, 0) is 106 Å². The van der Waals surface area contributed by atoms with Gasteiger partial charge in [-0.25, -0.2) is 14.4 Å². The van der Waals surface area contributed by atoms with Gasteiger partial charge in [0.25, 0.3) is 17.7 Å². The molecule has 450 valence electrons. The van der Waals surface area contributed by atoms with E-state index in [1.165, 1.54) is 44.8 Å². The van der Waals surface area contributed by atoms with Crippen LogP contribution in [0.25, 0.3) is 0 Å². The summed E-state index contributed by atoms with van der Waals surface area (Å²) in [4.78, 5) is 126. The lowest BCUT2D eigenvalue weighted by molar-refractivity contribution is -0.178. The molecule has 5 rings (SSSR count). The second-order valence-corrected chi connectivity index (χ2v) is 23.9. The Hall–Kier alpha value is -6.12. The Balaban J connectivity index is 1.60. The first kappa shape index (κ1) is 65.7. The molecule has 81 heavy (non-hydrogen) atoms. The van der Waals surface area contributed by atoms with Crippen molar-refractivity contribution in [2.75, 3.05) is 97.1 Å². The average Bonchev–Trinajstić information content (AvgIpc) is 3.47. The van der Waals surface area contributed by atoms with Crippen LogP contribution in [0.1, 0.15) is 106 Å². The summed E-state index contributed by atoms with van der Waals surface area (Å²) in [6.07, 6.45) is -3.61. The first-order chi connectivity index (χ1) is 38.2. The molecule has 2 aromatic carbocycles. The molecule has 0 spiro atoms. The molecule has 0 saturated carbocycles. The van der Waals surface area contributed by atoms with E-state index in [1.54, 1.807) is 11.9 Å². The topological polar surface area (TPSA) is 211 Å². The monoisotopic (exact) mass is 1130 g/mol. The van der Waals surface area contributed by atoms with Gasteiger partial charge in [0.05, 0.1) is 26.4 Å². The molecule has 3 aliphatic heterocycles. The third-order valence-electron chi connectivity index (χ3n) is 15.2. The van der Waals surface area contributed by atoms with Gasteiger partial charge in [-0.2, -0.15) is 0 Å². The van der Waals surface area contributed by atoms with Crippen LogP contribution in [0.5, 0.6) is 0 Å². The number of esters is 4. The van der Waals surface area contributed by atoms with Crippen LogP contribution < -0.4 is 9.80 Å². The smallest absolute Gasteiger partial charge is 0.329 e. The molecule has 0 bridgehead atoms. The fourth-order valence-electron chi connectivity index (χ4n) is 10.6. The summed E-state index contributed by atoms with van der Waals surface area (Å²) in [6, 6.07) is 10.2. The zero-order valence-corrected chi connectivity index (χ0v) is 50.6. The van der Waals surface area contributed by atoms with Gasteiger partial charge in [0.2, 0.25) is 0 Å². The van der Waals surface area contributed by atoms with Gasteiger partial charge < -0.3 is 52.9 Å². The lowest BCUT2D eigenvalue weighted by Crippen LogP contribution is -2.57. The van der Waals surface area contributed by atoms with Crippen LogP contribution in [0, 0.1) is 23.7 Å². The van der Waals surface area contributed by atoms with Crippen molar-refractivity contribution in [1.82, 2.24) is 19.6 Å². The van der Waals surface area contributed by atoms with E-state index < -0.39 is 89.7 Å². The Morgan fingerprint density at radius 3 is 1.26 bits per heavy atom. The predicted molar refractivity (Wildman–Crippen MR) is 306 cm³/mol. The van der Waals surface area contributed by atoms with Gasteiger partial charge in [-0.15, -0.1) is 0 Å². The Morgan fingerprint density at radius 1 is 0.494 bits per heavy atom. The van der Waals surface area contributed by atoms with E-state index in [-0.39, 0.29) is 68.7 Å². The van der Waals surface area contributed by atoms with Gasteiger partial charge >= 0.3 is 23.9 Å². The second-order valence-electron chi connectivity index (χ2n) is 23.9. The summed E-state index contributed by atoms with van der Waals surface area (Å²) in [7, 11) is 5.84. The molecule has 2 aromatic rings. The van der Waals surface area contributed by atoms with Crippen molar-refractivity contribution < 1.29 is 66.8 Å². The molecular formula is C61H92N6O14. The Labute approximate surface area is 480 Å². The highest BCUT2D eigenvalue weighted by Gasteiger charge is 2.45. The van der Waals surface area contributed by atoms with Crippen LogP contribution in [-0.4, -0.2) is 203 Å². The quantitative estimate of drug-likeness (QED) is 0.124. The van der Waals surface area contributed by atoms with Gasteiger partial charge in [0, 0.05) is 78.1 Å². The number of hydrogen-bond acceptors (Lipinski definition) is 17. The van der Waals surface area contributed by atoms with E-state index in [0.717, 1.165) is 16.3 Å². The maximum absolute atomic E-state index is 15.0. The van der Waals surface area contributed by atoms with Crippen molar-refractivity contribution in [2.24, 2.45) is 23.7 Å². The molecule has 8 atom stereocenters. The van der Waals surface area contributed by atoms with E-state index in [1.807, 2.05) is 104 Å². The molecule has 0 N–H and O–H groups in total. The molecule has 0 aromatic heterocycles. The molecule has 3 heterocycles. The standard InChI is InChI=1S/C61H92N6O14/c1-39(2)31-49-57(72)78-43(9)54(69)63(12)51(33-41(5)6)59(74)80-53(35-45-15-19-47(20-16-45)66-23-27-76-28-24-66)56(71)65(14)50(32-40(3)4)58(73)79-44(10)55(70)64(13)52(34-42(7)8)60(75)81-61(38-68,37-62(49)11)36-46-17-21-48(22-18-46)67-25-29-77-30-26-67/h15-22,38-44,49-53H,23-37H2,1-14H3/t43-,44-,49?,50+,51+,52+,53-,61-/m1/s1. The van der Waals surface area contributed by atoms with Gasteiger partial charge in [0.15, 0.2) is 30.2 Å². The van der Waals surface area contributed by atoms with E-state index in [0.29, 0.717) is 70.0 Å². The first-order valence-electron chi connectivity index (χ1n) is 28.9. The number of carbonyl (C=O) groups excluding carboxylic acids is 8. The number of carbonyl (C=O) groups is 8. The third-order valence-corrected chi connectivity index (χ3v) is 15.2. The van der Waals surface area contributed by atoms with Crippen LogP contribution in [-0.2, 0) is 79.6 Å². The molecule has 3 fully saturated rings. The molecule has 3 saturated heterocycles. The van der Waals surface area contributed by atoms with Crippen LogP contribution >= 0.6 is 0 Å². The van der Waals surface area contributed by atoms with Crippen molar-refractivity contribution in [1.29, 1.82) is 0 Å². The van der Waals surface area contributed by atoms with Gasteiger partial charge in [0.1, 0.15) is 24.2 Å². The van der Waals surface area contributed by atoms with Gasteiger partial charge in [-0.1, -0.05) is 79.7 Å². The van der Waals surface area contributed by atoms with Crippen LogP contribution in [0.15, 0.2) is 48.5 Å². The van der Waals surface area contributed by atoms with Crippen LogP contribution in [0.2, 0.25) is 0 Å². The number of hydrogen-bond donors (Lipinski definition) is 0. The number of morpholine rings is 2. The molecule has 20 nitrogen and oxygen atoms in total. The molecule has 20 heteroatoms. The number of cyclic esters (lactones) is 4. The van der Waals surface area contributed by atoms with Crippen molar-refractivity contribution in [2.45, 2.75) is 156 Å². The number of amides is 3. The average molecular weight is 1130 g/mol. The van der Waals surface area contributed by atoms with Crippen LogP contribution in [0.3, 0.4) is 0 Å². The minimum absolute atomic E-state index is 0.0880. The summed E-state index contributed by atoms with van der Waals surface area (Å²) < 4.78 is 35.7. The molecule has 3 aliphatic rings. The maximum atomic E-state index is 15.0. The normalized spacial score (nSPS) is 26.5. The van der Waals surface area contributed by atoms with E-state index in [9.17, 15) is 33.6 Å². The summed E-state index contributed by atoms with van der Waals surface area (Å²) in [5.41, 5.74) is 1.22. The highest BCUT2D eigenvalue weighted by atomic mass is 16.6. The zero-order valence-electron chi connectivity index (χ0n) is 50.6. The number of anilines is 2. The van der Waals surface area contributed by atoms with E-state index in [4.69, 9.17) is 28.4 Å². The SMILES string of the molecule is CC(C)CC1C(=O)O[C@H](C)C(=O)N(C)[C@@H](CC(C)C)C(=O)O[C@H](Cc2ccc(N3CCOCC3)cc2)C(=O)N(C)[C@@H](CC(C)C)C(=O)O[C@H](C)C(=O)N(C)[C@@H](CC(C)C)C(=O)O[C@](C=O)(Cc2ccc(N3CCOCC3)cc2)CN1C. The molecule has 3 amide bonds. The number of ether oxygens (including phenoxy) is 6. The highest BCUT2D eigenvalue weighted by Crippen LogP contribution is 2.28. The number of benzene rings is 2. The molecule has 1 unspecified atom stereocenters. The minimum atomic E-state index is -1.95. The van der Waals surface area contributed by atoms with Gasteiger partial charge in [-0.3, -0.25) is 28.9 Å². The molecule has 0 aliphatic carbocycles. The lowest BCUT2D eigenvalue weighted by atomic mass is 9.92. The fourth-order valence-corrected chi connectivity index (χ4v) is 10.6. The maximum Gasteiger partial charge on any atom is 0.329 e. The van der Waals surface area contributed by atoms with Crippen molar-refractivity contribution >= 4 is 59.3 Å². The van der Waals surface area contributed by atoms with Crippen molar-refractivity contribution in [3.8, 4) is 0 Å². The Bertz CT molecular complexity index is 2420. The predicted octanol–water partition coefficient (Wildman–Crippen LogP) is 5.38. The molecule has 0 radical (unpaired) electrons. The van der Waals surface area contributed by atoms with Crippen LogP contribution in [0.4, 0.5) is 11.4 Å². The summed E-state index contributed by atoms with van der Waals surface area (Å²) >= 11 is 0. The van der Waals surface area contributed by atoms with Crippen molar-refractivity contribution in [3.05, 3.63) is 59.7 Å². The highest BCUT2D eigenvalue weighted by molar-refractivity contribution is 5.93. The number of likely N-dealkylation sites (N-methyl/N-ethyl adjacent to an activating group) is 4. The molecular weight excluding hydrogens is 1040 g/mol.